The van der Waals surface area contributed by atoms with Gasteiger partial charge in [-0.05, 0) is 11.0 Å². The van der Waals surface area contributed by atoms with Crippen LogP contribution in [0.2, 0.25) is 0 Å². The van der Waals surface area contributed by atoms with Gasteiger partial charge in [0, 0.05) is 0 Å². The summed E-state index contributed by atoms with van der Waals surface area (Å²) < 4.78 is 1.55. The van der Waals surface area contributed by atoms with Gasteiger partial charge in [-0.15, -0.1) is 0 Å². The van der Waals surface area contributed by atoms with Crippen molar-refractivity contribution in [3.63, 3.8) is 0 Å². The Morgan fingerprint density at radius 1 is 1.09 bits per heavy atom. The molecule has 0 saturated heterocycles. The van der Waals surface area contributed by atoms with Crippen molar-refractivity contribution in [3.05, 3.63) is 20.6 Å². The van der Waals surface area contributed by atoms with Crippen molar-refractivity contribution in [2.75, 3.05) is 0 Å². The number of hydrogen-bond donors (Lipinski definition) is 0. The van der Waals surface area contributed by atoms with Gasteiger partial charge in [0.15, 0.2) is 0 Å². The van der Waals surface area contributed by atoms with Gasteiger partial charge in [-0.3, -0.25) is 0 Å². The van der Waals surface area contributed by atoms with E-state index in [4.69, 9.17) is 0 Å². The van der Waals surface area contributed by atoms with Crippen molar-refractivity contribution in [2.24, 2.45) is 5.92 Å². The summed E-state index contributed by atoms with van der Waals surface area (Å²) in [6, 6.07) is 0. The minimum atomic E-state index is 0. The molecule has 0 heterocycles. The topological polar surface area (TPSA) is 0 Å². The summed E-state index contributed by atoms with van der Waals surface area (Å²) in [5, 5.41) is 0. The Hall–Kier alpha value is 0.411. The van der Waals surface area contributed by atoms with Crippen LogP contribution >= 0.6 is 0 Å². The van der Waals surface area contributed by atoms with E-state index in [1.54, 1.807) is 9.45 Å². The zero-order valence-electron chi connectivity index (χ0n) is 7.08. The van der Waals surface area contributed by atoms with Crippen molar-refractivity contribution in [3.8, 4) is 0 Å². The second-order valence-corrected chi connectivity index (χ2v) is 3.91. The van der Waals surface area contributed by atoms with E-state index in [1.165, 1.54) is 11.1 Å². The third kappa shape index (κ3) is 1.77. The van der Waals surface area contributed by atoms with E-state index >= 15 is 0 Å². The van der Waals surface area contributed by atoms with Crippen LogP contribution in [0.3, 0.4) is 0 Å². The molecule has 1 rings (SSSR count). The molecule has 1 unspecified atom stereocenters. The first-order valence-electron chi connectivity index (χ1n) is 3.65. The Kier molecular flexibility index (Phi) is 4.03. The van der Waals surface area contributed by atoms with E-state index < -0.39 is 0 Å². The maximum absolute atomic E-state index is 2.28. The molecule has 1 atom stereocenters. The van der Waals surface area contributed by atoms with Gasteiger partial charge in [0.1, 0.15) is 0 Å². The Bertz CT molecular complexity index is 202. The maximum atomic E-state index is 2.28. The van der Waals surface area contributed by atoms with Gasteiger partial charge < -0.3 is 0 Å². The van der Waals surface area contributed by atoms with E-state index in [2.05, 4.69) is 48.1 Å². The molecule has 0 amide bonds. The van der Waals surface area contributed by atoms with Gasteiger partial charge >= 0.3 is 74.6 Å². The number of allylic oxidation sites excluding steroid dienone is 4. The molecule has 0 aromatic heterocycles. The average Bonchev–Trinajstić information content (AvgIpc) is 2.07. The number of rotatable bonds is 0. The van der Waals surface area contributed by atoms with Gasteiger partial charge in [-0.1, -0.05) is 0 Å². The first-order valence-corrected chi connectivity index (χ1v) is 4.44. The van der Waals surface area contributed by atoms with Gasteiger partial charge in [-0.2, -0.15) is 0 Å². The monoisotopic (exact) mass is 201 g/mol. The molecule has 0 spiro atoms. The normalized spacial score (nSPS) is 24.1. The van der Waals surface area contributed by atoms with Gasteiger partial charge in [0.05, 0.1) is 0 Å². The van der Waals surface area contributed by atoms with Gasteiger partial charge in [0.2, 0.25) is 0 Å². The van der Waals surface area contributed by atoms with Crippen LogP contribution in [0.15, 0.2) is 20.6 Å². The molecule has 0 fully saturated rings. The van der Waals surface area contributed by atoms with Crippen molar-refractivity contribution in [2.45, 2.75) is 27.7 Å². The van der Waals surface area contributed by atoms with E-state index in [0.717, 1.165) is 0 Å². The molecule has 0 N–H and O–H groups in total. The van der Waals surface area contributed by atoms with Crippen LogP contribution in [-0.4, -0.2) is 11.0 Å². The molecule has 0 aliphatic heterocycles. The average molecular weight is 201 g/mol. The summed E-state index contributed by atoms with van der Waals surface area (Å²) >= 11 is 2.24. The van der Waals surface area contributed by atoms with E-state index in [9.17, 15) is 0 Å². The fraction of sp³-hybridized carbons (Fsp3) is 0.556. The first kappa shape index (κ1) is 11.4. The van der Waals surface area contributed by atoms with Crippen LogP contribution in [0.1, 0.15) is 27.7 Å². The van der Waals surface area contributed by atoms with E-state index in [1.807, 2.05) is 0 Å². The van der Waals surface area contributed by atoms with Gasteiger partial charge in [0.25, 0.3) is 0 Å². The number of hydrogen-bond acceptors (Lipinski definition) is 0. The molecule has 0 aromatic carbocycles. The largest absolute Gasteiger partial charge is 0.0149 e. The molecule has 0 radical (unpaired) electrons. The fourth-order valence-corrected chi connectivity index (χ4v) is 1.99. The molecule has 1 aliphatic rings. The summed E-state index contributed by atoms with van der Waals surface area (Å²) in [6.45, 7) is 8.96. The quantitative estimate of drug-likeness (QED) is 0.519. The Labute approximate surface area is 85.6 Å². The Morgan fingerprint density at radius 3 is 1.64 bits per heavy atom. The molecule has 2 heteroatoms. The van der Waals surface area contributed by atoms with Gasteiger partial charge in [-0.25, -0.2) is 0 Å². The van der Waals surface area contributed by atoms with Crippen molar-refractivity contribution in [1.82, 2.24) is 0 Å². The minimum Gasteiger partial charge on any atom is -0.0149 e. The molecule has 0 nitrogen and oxygen atoms in total. The predicted molar refractivity (Wildman–Crippen MR) is 51.6 cm³/mol. The van der Waals surface area contributed by atoms with Crippen LogP contribution in [0.4, 0.5) is 0 Å². The summed E-state index contributed by atoms with van der Waals surface area (Å²) in [5.74, 6) is 0.694. The van der Waals surface area contributed by atoms with E-state index in [0.29, 0.717) is 5.92 Å². The second-order valence-electron chi connectivity index (χ2n) is 3.07. The smallest absolute Gasteiger partial charge is 0.0149 e. The predicted octanol–water partition coefficient (Wildman–Crippen LogP) is 1.34. The van der Waals surface area contributed by atoms with Crippen LogP contribution < -0.4 is 0 Å². The Balaban J connectivity index is 0.000001000. The summed E-state index contributed by atoms with van der Waals surface area (Å²) in [6.07, 6.45) is 0. The van der Waals surface area contributed by atoms with E-state index in [-0.39, 0.29) is 11.0 Å². The standard InChI is InChI=1S/C9H13.H4Si.Ti/c1-6-5-7(2)9(4)8(6)3;;/h6H,1-4H3;1H4;. The molecule has 0 saturated carbocycles. The minimum absolute atomic E-state index is 0. The third-order valence-electron chi connectivity index (χ3n) is 2.64. The summed E-state index contributed by atoms with van der Waals surface area (Å²) in [5.41, 5.74) is 4.56. The molecular weight excluding hydrogens is 184 g/mol. The fourth-order valence-electron chi connectivity index (χ4n) is 1.36. The second kappa shape index (κ2) is 3.88. The molecule has 1 aliphatic carbocycles. The summed E-state index contributed by atoms with van der Waals surface area (Å²) in [4.78, 5) is 0. The van der Waals surface area contributed by atoms with Crippen LogP contribution in [0, 0.1) is 5.92 Å². The summed E-state index contributed by atoms with van der Waals surface area (Å²) in [7, 11) is 0. The third-order valence-corrected chi connectivity index (χ3v) is 3.90. The molecule has 61 valence electrons. The molecule has 11 heavy (non-hydrogen) atoms. The zero-order chi connectivity index (χ0) is 7.89. The van der Waals surface area contributed by atoms with Crippen LogP contribution in [0.5, 0.6) is 0 Å². The Morgan fingerprint density at radius 2 is 1.55 bits per heavy atom. The SMILES string of the molecule is CC1=C(C)C(C)[C]([Ti])=C1C.[SiH4]. The van der Waals surface area contributed by atoms with Crippen molar-refractivity contribution < 1.29 is 20.4 Å². The van der Waals surface area contributed by atoms with Crippen molar-refractivity contribution in [1.29, 1.82) is 0 Å². The molecule has 0 aromatic rings. The van der Waals surface area contributed by atoms with Crippen LogP contribution in [-0.2, 0) is 20.4 Å². The van der Waals surface area contributed by atoms with Crippen LogP contribution in [0.25, 0.3) is 0 Å². The zero-order valence-corrected chi connectivity index (χ0v) is 8.64. The maximum Gasteiger partial charge on any atom is -0.0149 e. The molecule has 0 bridgehead atoms. The molecular formula is C9H17SiTi. The van der Waals surface area contributed by atoms with Crippen molar-refractivity contribution >= 4 is 11.0 Å². The first-order chi connectivity index (χ1) is 4.55.